The van der Waals surface area contributed by atoms with Crippen molar-refractivity contribution in [2.45, 2.75) is 52.4 Å². The van der Waals surface area contributed by atoms with Crippen molar-refractivity contribution >= 4 is 34.1 Å². The number of methoxy groups -OCH3 is 1. The number of phenols is 1. The van der Waals surface area contributed by atoms with Crippen molar-refractivity contribution in [3.8, 4) is 11.5 Å². The maximum absolute atomic E-state index is 13.5. The number of benzene rings is 2. The summed E-state index contributed by atoms with van der Waals surface area (Å²) >= 11 is 1.62. The average molecular weight is 463 g/mol. The summed E-state index contributed by atoms with van der Waals surface area (Å²) in [7, 11) is 1.52. The molecule has 5 nitrogen and oxygen atoms in total. The SMILES string of the molecule is COc1cc(C=Nc2sc3c(c2C(=O)Nc2ccc(C)c(C)c2)CCCCCC3)ccc1O. The molecule has 2 N–H and O–H groups in total. The molecule has 172 valence electrons. The average Bonchev–Trinajstić information content (AvgIpc) is 3.12. The van der Waals surface area contributed by atoms with E-state index in [1.54, 1.807) is 35.8 Å². The minimum atomic E-state index is -0.105. The van der Waals surface area contributed by atoms with Gasteiger partial charge in [0, 0.05) is 16.8 Å². The summed E-state index contributed by atoms with van der Waals surface area (Å²) in [6.45, 7) is 4.11. The standard InChI is InChI=1S/C27H30N2O3S/c1-17-10-12-20(14-18(17)2)29-26(31)25-21-8-6-4-5-7-9-24(21)33-27(25)28-16-19-11-13-22(30)23(15-19)32-3/h10-16,30H,4-9H2,1-3H3,(H,29,31). The predicted molar refractivity (Wildman–Crippen MR) is 136 cm³/mol. The second-order valence-corrected chi connectivity index (χ2v) is 9.62. The van der Waals surface area contributed by atoms with Crippen molar-refractivity contribution in [2.24, 2.45) is 4.99 Å². The molecule has 1 aromatic heterocycles. The van der Waals surface area contributed by atoms with Crippen LogP contribution >= 0.6 is 11.3 Å². The van der Waals surface area contributed by atoms with Gasteiger partial charge in [0.25, 0.3) is 5.91 Å². The highest BCUT2D eigenvalue weighted by Crippen LogP contribution is 2.39. The number of fused-ring (bicyclic) bond motifs is 1. The number of ether oxygens (including phenoxy) is 1. The van der Waals surface area contributed by atoms with Crippen LogP contribution < -0.4 is 10.1 Å². The molecular formula is C27H30N2O3S. The second kappa shape index (κ2) is 10.2. The van der Waals surface area contributed by atoms with Crippen molar-refractivity contribution in [2.75, 3.05) is 12.4 Å². The minimum absolute atomic E-state index is 0.0854. The maximum Gasteiger partial charge on any atom is 0.259 e. The molecule has 33 heavy (non-hydrogen) atoms. The minimum Gasteiger partial charge on any atom is -0.504 e. The Balaban J connectivity index is 1.70. The normalized spacial score (nSPS) is 13.9. The fourth-order valence-corrected chi connectivity index (χ4v) is 5.38. The molecule has 1 amide bonds. The molecule has 0 saturated carbocycles. The Bertz CT molecular complexity index is 1200. The van der Waals surface area contributed by atoms with E-state index in [1.165, 1.54) is 30.4 Å². The number of thiophene rings is 1. The van der Waals surface area contributed by atoms with Crippen molar-refractivity contribution < 1.29 is 14.6 Å². The third-order valence-electron chi connectivity index (χ3n) is 6.18. The van der Waals surface area contributed by atoms with Gasteiger partial charge in [-0.15, -0.1) is 11.3 Å². The van der Waals surface area contributed by atoms with Crippen LogP contribution in [0, 0.1) is 13.8 Å². The van der Waals surface area contributed by atoms with Gasteiger partial charge in [0.2, 0.25) is 0 Å². The smallest absolute Gasteiger partial charge is 0.259 e. The van der Waals surface area contributed by atoms with Gasteiger partial charge >= 0.3 is 0 Å². The Kier molecular flexibility index (Phi) is 7.14. The maximum atomic E-state index is 13.5. The predicted octanol–water partition coefficient (Wildman–Crippen LogP) is 6.74. The quantitative estimate of drug-likeness (QED) is 0.412. The Morgan fingerprint density at radius 2 is 1.85 bits per heavy atom. The zero-order valence-electron chi connectivity index (χ0n) is 19.4. The Morgan fingerprint density at radius 1 is 1.06 bits per heavy atom. The van der Waals surface area contributed by atoms with Gasteiger partial charge in [-0.2, -0.15) is 0 Å². The van der Waals surface area contributed by atoms with Crippen LogP contribution in [-0.4, -0.2) is 24.3 Å². The Morgan fingerprint density at radius 3 is 2.61 bits per heavy atom. The number of hydrogen-bond donors (Lipinski definition) is 2. The lowest BCUT2D eigenvalue weighted by Gasteiger charge is -2.12. The van der Waals surface area contributed by atoms with E-state index in [-0.39, 0.29) is 11.7 Å². The third kappa shape index (κ3) is 5.28. The summed E-state index contributed by atoms with van der Waals surface area (Å²) in [6, 6.07) is 11.1. The zero-order chi connectivity index (χ0) is 23.4. The number of nitrogens with zero attached hydrogens (tertiary/aromatic N) is 1. The van der Waals surface area contributed by atoms with E-state index >= 15 is 0 Å². The van der Waals surface area contributed by atoms with E-state index in [2.05, 4.69) is 12.2 Å². The lowest BCUT2D eigenvalue weighted by molar-refractivity contribution is 0.102. The third-order valence-corrected chi connectivity index (χ3v) is 7.38. The first-order valence-electron chi connectivity index (χ1n) is 11.4. The highest BCUT2D eigenvalue weighted by Gasteiger charge is 2.24. The number of amides is 1. The first kappa shape index (κ1) is 23.1. The number of anilines is 1. The van der Waals surface area contributed by atoms with E-state index in [4.69, 9.17) is 9.73 Å². The van der Waals surface area contributed by atoms with Crippen LogP contribution in [-0.2, 0) is 12.8 Å². The summed E-state index contributed by atoms with van der Waals surface area (Å²) in [6.07, 6.45) is 8.28. The van der Waals surface area contributed by atoms with Crippen LogP contribution in [0.1, 0.15) is 63.2 Å². The molecule has 0 fully saturated rings. The summed E-state index contributed by atoms with van der Waals surface area (Å²) in [4.78, 5) is 19.5. The summed E-state index contributed by atoms with van der Waals surface area (Å²) in [5.74, 6) is 0.374. The number of aryl methyl sites for hydroxylation is 3. The Labute approximate surface area is 199 Å². The zero-order valence-corrected chi connectivity index (χ0v) is 20.2. The van der Waals surface area contributed by atoms with E-state index in [0.717, 1.165) is 53.1 Å². The molecule has 0 aliphatic heterocycles. The van der Waals surface area contributed by atoms with Crippen LogP contribution in [0.5, 0.6) is 11.5 Å². The van der Waals surface area contributed by atoms with Gasteiger partial charge in [0.05, 0.1) is 12.7 Å². The number of aliphatic imine (C=N–C) groups is 1. The van der Waals surface area contributed by atoms with Crippen molar-refractivity contribution in [1.29, 1.82) is 0 Å². The molecule has 6 heteroatoms. The van der Waals surface area contributed by atoms with Crippen LogP contribution in [0.4, 0.5) is 10.7 Å². The van der Waals surface area contributed by atoms with Gasteiger partial charge in [-0.25, -0.2) is 4.99 Å². The van der Waals surface area contributed by atoms with Gasteiger partial charge < -0.3 is 15.2 Å². The van der Waals surface area contributed by atoms with Crippen LogP contribution in [0.2, 0.25) is 0 Å². The largest absolute Gasteiger partial charge is 0.504 e. The van der Waals surface area contributed by atoms with Gasteiger partial charge in [0.15, 0.2) is 11.5 Å². The monoisotopic (exact) mass is 462 g/mol. The molecule has 2 aromatic carbocycles. The molecule has 0 radical (unpaired) electrons. The van der Waals surface area contributed by atoms with Gasteiger partial charge in [-0.05, 0) is 92.1 Å². The van der Waals surface area contributed by atoms with Gasteiger partial charge in [0.1, 0.15) is 5.00 Å². The molecule has 0 atom stereocenters. The van der Waals surface area contributed by atoms with Gasteiger partial charge in [-0.3, -0.25) is 4.79 Å². The molecule has 0 spiro atoms. The number of nitrogens with one attached hydrogen (secondary N) is 1. The second-order valence-electron chi connectivity index (χ2n) is 8.54. The molecular weight excluding hydrogens is 432 g/mol. The lowest BCUT2D eigenvalue weighted by atomic mass is 9.96. The lowest BCUT2D eigenvalue weighted by Crippen LogP contribution is -2.14. The van der Waals surface area contributed by atoms with E-state index in [1.807, 2.05) is 25.1 Å². The van der Waals surface area contributed by atoms with Crippen LogP contribution in [0.3, 0.4) is 0 Å². The summed E-state index contributed by atoms with van der Waals surface area (Å²) in [5, 5.41) is 13.7. The Hall–Kier alpha value is -3.12. The first-order chi connectivity index (χ1) is 16.0. The van der Waals surface area contributed by atoms with Crippen molar-refractivity contribution in [3.05, 3.63) is 69.1 Å². The summed E-state index contributed by atoms with van der Waals surface area (Å²) in [5.41, 5.74) is 5.78. The topological polar surface area (TPSA) is 70.9 Å². The van der Waals surface area contributed by atoms with E-state index < -0.39 is 0 Å². The molecule has 0 unspecified atom stereocenters. The molecule has 1 aliphatic carbocycles. The van der Waals surface area contributed by atoms with Crippen molar-refractivity contribution in [3.63, 3.8) is 0 Å². The molecule has 4 rings (SSSR count). The number of carbonyl (C=O) groups is 1. The number of hydrogen-bond acceptors (Lipinski definition) is 5. The van der Waals surface area contributed by atoms with E-state index in [9.17, 15) is 9.90 Å². The molecule has 1 aliphatic rings. The molecule has 3 aromatic rings. The number of rotatable bonds is 5. The number of aromatic hydroxyl groups is 1. The van der Waals surface area contributed by atoms with Crippen LogP contribution in [0.25, 0.3) is 0 Å². The molecule has 0 bridgehead atoms. The van der Waals surface area contributed by atoms with Gasteiger partial charge in [-0.1, -0.05) is 18.9 Å². The first-order valence-corrected chi connectivity index (χ1v) is 12.2. The fourth-order valence-electron chi connectivity index (χ4n) is 4.15. The van der Waals surface area contributed by atoms with E-state index in [0.29, 0.717) is 11.3 Å². The number of carbonyl (C=O) groups excluding carboxylic acids is 1. The number of phenolic OH excluding ortho intramolecular Hbond substituents is 1. The highest BCUT2D eigenvalue weighted by molar-refractivity contribution is 7.16. The summed E-state index contributed by atoms with van der Waals surface area (Å²) < 4.78 is 5.20. The molecule has 0 saturated heterocycles. The molecule has 1 heterocycles. The fraction of sp³-hybridized carbons (Fsp3) is 0.333. The highest BCUT2D eigenvalue weighted by atomic mass is 32.1. The van der Waals surface area contributed by atoms with Crippen LogP contribution in [0.15, 0.2) is 41.4 Å². The van der Waals surface area contributed by atoms with Crippen molar-refractivity contribution in [1.82, 2.24) is 0 Å².